The number of fused-ring (bicyclic) bond motifs is 3. The minimum atomic E-state index is 0.812. The van der Waals surface area contributed by atoms with Crippen molar-refractivity contribution in [2.75, 3.05) is 5.73 Å². The monoisotopic (exact) mass is 351 g/mol. The minimum absolute atomic E-state index is 0.812. The van der Waals surface area contributed by atoms with Gasteiger partial charge in [-0.15, -0.1) is 11.3 Å². The molecule has 0 radical (unpaired) electrons. The van der Waals surface area contributed by atoms with Gasteiger partial charge in [-0.3, -0.25) is 0 Å². The Balaban J connectivity index is 1.65. The molecule has 0 atom stereocenters. The second-order valence-electron chi connectivity index (χ2n) is 6.45. The quantitative estimate of drug-likeness (QED) is 0.341. The third-order valence-electron chi connectivity index (χ3n) is 4.87. The topological polar surface area (TPSA) is 26.0 Å². The molecule has 124 valence electrons. The first-order chi connectivity index (χ1) is 12.8. The van der Waals surface area contributed by atoms with Crippen molar-refractivity contribution in [1.29, 1.82) is 0 Å². The number of anilines is 1. The maximum absolute atomic E-state index is 6.12. The Morgan fingerprint density at radius 1 is 0.538 bits per heavy atom. The average Bonchev–Trinajstić information content (AvgIpc) is 3.07. The molecule has 0 fully saturated rings. The molecule has 2 heteroatoms. The molecule has 0 aliphatic carbocycles. The van der Waals surface area contributed by atoms with Gasteiger partial charge in [-0.2, -0.15) is 0 Å². The van der Waals surface area contributed by atoms with Crippen LogP contribution in [0.5, 0.6) is 0 Å². The highest BCUT2D eigenvalue weighted by molar-refractivity contribution is 7.26. The number of benzene rings is 4. The lowest BCUT2D eigenvalue weighted by Gasteiger charge is -2.08. The number of thiophene rings is 1. The largest absolute Gasteiger partial charge is 0.398 e. The van der Waals surface area contributed by atoms with E-state index in [2.05, 4.69) is 72.8 Å². The lowest BCUT2D eigenvalue weighted by molar-refractivity contribution is 1.60. The summed E-state index contributed by atoms with van der Waals surface area (Å²) in [6, 6.07) is 31.9. The van der Waals surface area contributed by atoms with Crippen LogP contribution in [0.4, 0.5) is 5.69 Å². The van der Waals surface area contributed by atoms with E-state index in [1.807, 2.05) is 29.5 Å². The van der Waals surface area contributed by atoms with Gasteiger partial charge in [0, 0.05) is 31.4 Å². The molecule has 0 amide bonds. The Bertz CT molecular complexity index is 1230. The Labute approximate surface area is 156 Å². The fourth-order valence-electron chi connectivity index (χ4n) is 3.56. The van der Waals surface area contributed by atoms with Gasteiger partial charge >= 0.3 is 0 Å². The lowest BCUT2D eigenvalue weighted by Crippen LogP contribution is -1.89. The number of hydrogen-bond acceptors (Lipinski definition) is 2. The molecule has 4 aromatic carbocycles. The van der Waals surface area contributed by atoms with E-state index in [1.54, 1.807) is 0 Å². The second kappa shape index (κ2) is 6.01. The van der Waals surface area contributed by atoms with E-state index in [9.17, 15) is 0 Å². The molecule has 1 heterocycles. The third kappa shape index (κ3) is 2.39. The molecule has 1 aromatic heterocycles. The van der Waals surface area contributed by atoms with E-state index in [0.717, 1.165) is 16.8 Å². The van der Waals surface area contributed by atoms with Crippen molar-refractivity contribution in [2.45, 2.75) is 0 Å². The van der Waals surface area contributed by atoms with E-state index in [4.69, 9.17) is 5.73 Å². The van der Waals surface area contributed by atoms with Crippen molar-refractivity contribution in [2.24, 2.45) is 0 Å². The van der Waals surface area contributed by atoms with Gasteiger partial charge in [0.25, 0.3) is 0 Å². The molecule has 5 rings (SSSR count). The fourth-order valence-corrected chi connectivity index (χ4v) is 4.80. The number of nitrogen functional groups attached to an aromatic ring is 1. The molecule has 26 heavy (non-hydrogen) atoms. The normalized spacial score (nSPS) is 11.2. The summed E-state index contributed by atoms with van der Waals surface area (Å²) in [5.41, 5.74) is 11.7. The van der Waals surface area contributed by atoms with E-state index < -0.39 is 0 Å². The first kappa shape index (κ1) is 15.2. The van der Waals surface area contributed by atoms with Crippen LogP contribution in [-0.4, -0.2) is 0 Å². The highest BCUT2D eigenvalue weighted by Gasteiger charge is 2.10. The van der Waals surface area contributed by atoms with Gasteiger partial charge in [0.1, 0.15) is 0 Å². The van der Waals surface area contributed by atoms with Crippen molar-refractivity contribution in [3.05, 3.63) is 91.0 Å². The third-order valence-corrected chi connectivity index (χ3v) is 6.09. The van der Waals surface area contributed by atoms with Crippen molar-refractivity contribution in [3.8, 4) is 22.3 Å². The van der Waals surface area contributed by atoms with Gasteiger partial charge in [0.15, 0.2) is 0 Å². The Kier molecular flexibility index (Phi) is 3.51. The summed E-state index contributed by atoms with van der Waals surface area (Å²) >= 11 is 1.87. The number of nitrogens with two attached hydrogens (primary N) is 1. The summed E-state index contributed by atoms with van der Waals surface area (Å²) in [5.74, 6) is 0. The molecule has 0 unspecified atom stereocenters. The molecule has 0 aliphatic rings. The molecule has 0 bridgehead atoms. The van der Waals surface area contributed by atoms with Crippen molar-refractivity contribution in [1.82, 2.24) is 0 Å². The predicted octanol–water partition coefficient (Wildman–Crippen LogP) is 6.97. The first-order valence-corrected chi connectivity index (χ1v) is 9.48. The molecule has 0 saturated heterocycles. The van der Waals surface area contributed by atoms with Gasteiger partial charge in [0.05, 0.1) is 0 Å². The van der Waals surface area contributed by atoms with Crippen LogP contribution in [0.15, 0.2) is 91.0 Å². The molecule has 0 aliphatic heterocycles. The van der Waals surface area contributed by atoms with Crippen molar-refractivity contribution >= 4 is 37.2 Å². The van der Waals surface area contributed by atoms with Crippen LogP contribution in [0.2, 0.25) is 0 Å². The highest BCUT2D eigenvalue weighted by atomic mass is 32.1. The molecule has 2 N–H and O–H groups in total. The van der Waals surface area contributed by atoms with Crippen LogP contribution in [0.1, 0.15) is 0 Å². The Morgan fingerprint density at radius 2 is 1.15 bits per heavy atom. The van der Waals surface area contributed by atoms with E-state index >= 15 is 0 Å². The zero-order valence-electron chi connectivity index (χ0n) is 14.1. The lowest BCUT2D eigenvalue weighted by atomic mass is 9.98. The average molecular weight is 351 g/mol. The minimum Gasteiger partial charge on any atom is -0.398 e. The van der Waals surface area contributed by atoms with Gasteiger partial charge < -0.3 is 5.73 Å². The van der Waals surface area contributed by atoms with E-state index in [1.165, 1.54) is 31.3 Å². The van der Waals surface area contributed by atoms with E-state index in [-0.39, 0.29) is 0 Å². The standard InChI is InChI=1S/C24H17NS/c25-22-10-3-1-6-18(22)16-12-14-17(15-13-16)19-8-5-9-21-20-7-2-4-11-23(20)26-24(19)21/h1-15H,25H2. The van der Waals surface area contributed by atoms with Gasteiger partial charge in [-0.25, -0.2) is 0 Å². The summed E-state index contributed by atoms with van der Waals surface area (Å²) < 4.78 is 2.68. The van der Waals surface area contributed by atoms with Gasteiger partial charge in [-0.05, 0) is 28.8 Å². The van der Waals surface area contributed by atoms with Crippen molar-refractivity contribution < 1.29 is 0 Å². The molecule has 1 nitrogen and oxygen atoms in total. The van der Waals surface area contributed by atoms with Crippen LogP contribution in [0.3, 0.4) is 0 Å². The number of hydrogen-bond donors (Lipinski definition) is 1. The molecule has 5 aromatic rings. The Hall–Kier alpha value is -3.10. The summed E-state index contributed by atoms with van der Waals surface area (Å²) in [6.45, 7) is 0. The van der Waals surface area contributed by atoms with Crippen molar-refractivity contribution in [3.63, 3.8) is 0 Å². The van der Waals surface area contributed by atoms with Crippen LogP contribution < -0.4 is 5.73 Å². The fraction of sp³-hybridized carbons (Fsp3) is 0. The van der Waals surface area contributed by atoms with Crippen LogP contribution in [-0.2, 0) is 0 Å². The smallest absolute Gasteiger partial charge is 0.0433 e. The first-order valence-electron chi connectivity index (χ1n) is 8.67. The maximum Gasteiger partial charge on any atom is 0.0433 e. The Morgan fingerprint density at radius 3 is 1.96 bits per heavy atom. The molecular weight excluding hydrogens is 334 g/mol. The zero-order valence-corrected chi connectivity index (χ0v) is 15.0. The summed E-state index contributed by atoms with van der Waals surface area (Å²) in [5, 5.41) is 2.67. The van der Waals surface area contributed by atoms with Crippen LogP contribution >= 0.6 is 11.3 Å². The second-order valence-corrected chi connectivity index (χ2v) is 7.50. The number of rotatable bonds is 2. The van der Waals surface area contributed by atoms with E-state index in [0.29, 0.717) is 0 Å². The summed E-state index contributed by atoms with van der Waals surface area (Å²) in [7, 11) is 0. The number of para-hydroxylation sites is 1. The molecular formula is C24H17NS. The van der Waals surface area contributed by atoms with Gasteiger partial charge in [0.2, 0.25) is 0 Å². The van der Waals surface area contributed by atoms with Crippen LogP contribution in [0, 0.1) is 0 Å². The summed E-state index contributed by atoms with van der Waals surface area (Å²) in [4.78, 5) is 0. The molecule has 0 saturated carbocycles. The predicted molar refractivity (Wildman–Crippen MR) is 115 cm³/mol. The van der Waals surface area contributed by atoms with Crippen LogP contribution in [0.25, 0.3) is 42.4 Å². The zero-order chi connectivity index (χ0) is 17.5. The molecule has 0 spiro atoms. The SMILES string of the molecule is Nc1ccccc1-c1ccc(-c2cccc3c2sc2ccccc23)cc1. The van der Waals surface area contributed by atoms with Gasteiger partial charge in [-0.1, -0.05) is 78.9 Å². The summed E-state index contributed by atoms with van der Waals surface area (Å²) in [6.07, 6.45) is 0. The highest BCUT2D eigenvalue weighted by Crippen LogP contribution is 2.40. The maximum atomic E-state index is 6.12.